The number of hydrogen-bond donors (Lipinski definition) is 3. The molecule has 0 aromatic heterocycles. The Kier molecular flexibility index (Phi) is 4.95. The lowest BCUT2D eigenvalue weighted by Gasteiger charge is -2.27. The van der Waals surface area contributed by atoms with Crippen molar-refractivity contribution in [3.05, 3.63) is 29.8 Å². The molecular weight excluding hydrogens is 258 g/mol. The van der Waals surface area contributed by atoms with Crippen LogP contribution in [0.3, 0.4) is 0 Å². The summed E-state index contributed by atoms with van der Waals surface area (Å²) < 4.78 is 0. The molecule has 0 radical (unpaired) electrons. The van der Waals surface area contributed by atoms with Gasteiger partial charge in [-0.3, -0.25) is 9.59 Å². The lowest BCUT2D eigenvalue weighted by Crippen LogP contribution is -2.49. The smallest absolute Gasteiger partial charge is 0.242 e. The van der Waals surface area contributed by atoms with Crippen LogP contribution in [0.25, 0.3) is 0 Å². The molecule has 20 heavy (non-hydrogen) atoms. The highest BCUT2D eigenvalue weighted by molar-refractivity contribution is 5.85. The van der Waals surface area contributed by atoms with Gasteiger partial charge in [-0.25, -0.2) is 0 Å². The van der Waals surface area contributed by atoms with Gasteiger partial charge in [-0.2, -0.15) is 0 Å². The number of piperazine rings is 1. The summed E-state index contributed by atoms with van der Waals surface area (Å²) in [6, 6.07) is 6.45. The molecule has 2 amide bonds. The molecule has 1 aromatic carbocycles. The Morgan fingerprint density at radius 1 is 1.20 bits per heavy atom. The lowest BCUT2D eigenvalue weighted by atomic mass is 10.1. The van der Waals surface area contributed by atoms with Crippen LogP contribution in [0, 0.1) is 0 Å². The highest BCUT2D eigenvalue weighted by atomic mass is 16.3. The van der Waals surface area contributed by atoms with Crippen molar-refractivity contribution in [2.75, 3.05) is 32.7 Å². The van der Waals surface area contributed by atoms with Gasteiger partial charge in [-0.15, -0.1) is 0 Å². The highest BCUT2D eigenvalue weighted by Gasteiger charge is 2.16. The normalized spacial score (nSPS) is 14.9. The number of phenols is 1. The molecule has 1 fully saturated rings. The summed E-state index contributed by atoms with van der Waals surface area (Å²) in [4.78, 5) is 25.3. The van der Waals surface area contributed by atoms with Crippen LogP contribution in [-0.4, -0.2) is 54.5 Å². The van der Waals surface area contributed by atoms with E-state index >= 15 is 0 Å². The molecule has 6 nitrogen and oxygen atoms in total. The topological polar surface area (TPSA) is 81.7 Å². The van der Waals surface area contributed by atoms with E-state index in [2.05, 4.69) is 10.6 Å². The lowest BCUT2D eigenvalue weighted by molar-refractivity contribution is -0.133. The Morgan fingerprint density at radius 3 is 2.50 bits per heavy atom. The molecule has 6 heteroatoms. The van der Waals surface area contributed by atoms with E-state index in [0.717, 1.165) is 18.7 Å². The highest BCUT2D eigenvalue weighted by Crippen LogP contribution is 2.09. The minimum Gasteiger partial charge on any atom is -0.508 e. The van der Waals surface area contributed by atoms with Crippen LogP contribution in [0.5, 0.6) is 5.75 Å². The van der Waals surface area contributed by atoms with Gasteiger partial charge < -0.3 is 20.6 Å². The van der Waals surface area contributed by atoms with Gasteiger partial charge in [0.25, 0.3) is 0 Å². The minimum atomic E-state index is -0.195. The average Bonchev–Trinajstić information content (AvgIpc) is 2.48. The Bertz CT molecular complexity index is 467. The maximum Gasteiger partial charge on any atom is 0.242 e. The van der Waals surface area contributed by atoms with Crippen LogP contribution in [0.15, 0.2) is 24.3 Å². The number of phenolic OH excluding ortho intramolecular Hbond substituents is 1. The number of amides is 2. The molecule has 1 heterocycles. The molecular formula is C14H19N3O3. The van der Waals surface area contributed by atoms with Crippen LogP contribution < -0.4 is 10.6 Å². The predicted octanol–water partition coefficient (Wildman–Crippen LogP) is -0.517. The molecule has 1 saturated heterocycles. The van der Waals surface area contributed by atoms with Crippen molar-refractivity contribution >= 4 is 11.8 Å². The van der Waals surface area contributed by atoms with E-state index in [1.165, 1.54) is 12.1 Å². The van der Waals surface area contributed by atoms with Crippen LogP contribution in [0.4, 0.5) is 0 Å². The second kappa shape index (κ2) is 6.91. The van der Waals surface area contributed by atoms with Crippen molar-refractivity contribution in [2.45, 2.75) is 6.42 Å². The molecule has 3 N–H and O–H groups in total. The van der Waals surface area contributed by atoms with E-state index in [1.807, 2.05) is 0 Å². The van der Waals surface area contributed by atoms with E-state index in [9.17, 15) is 9.59 Å². The van der Waals surface area contributed by atoms with E-state index < -0.39 is 0 Å². The Balaban J connectivity index is 1.74. The van der Waals surface area contributed by atoms with E-state index in [4.69, 9.17) is 5.11 Å². The van der Waals surface area contributed by atoms with E-state index in [1.54, 1.807) is 17.0 Å². The summed E-state index contributed by atoms with van der Waals surface area (Å²) in [6.45, 7) is 3.01. The number of benzene rings is 1. The van der Waals surface area contributed by atoms with Crippen LogP contribution in [0.2, 0.25) is 0 Å². The number of rotatable bonds is 4. The van der Waals surface area contributed by atoms with Gasteiger partial charge in [-0.05, 0) is 17.7 Å². The molecule has 0 unspecified atom stereocenters. The summed E-state index contributed by atoms with van der Waals surface area (Å²) in [5.74, 6) is -0.0761. The van der Waals surface area contributed by atoms with Crippen LogP contribution >= 0.6 is 0 Å². The number of carbonyl (C=O) groups excluding carboxylic acids is 2. The van der Waals surface area contributed by atoms with Crippen molar-refractivity contribution < 1.29 is 14.7 Å². The van der Waals surface area contributed by atoms with Crippen LogP contribution in [-0.2, 0) is 16.0 Å². The van der Waals surface area contributed by atoms with Crippen LogP contribution in [0.1, 0.15) is 5.56 Å². The first kappa shape index (κ1) is 14.3. The molecule has 1 aliphatic heterocycles. The maximum atomic E-state index is 11.9. The minimum absolute atomic E-state index is 0.0386. The van der Waals surface area contributed by atoms with Crippen molar-refractivity contribution in [2.24, 2.45) is 0 Å². The van der Waals surface area contributed by atoms with Crippen molar-refractivity contribution in [3.63, 3.8) is 0 Å². The molecule has 0 aliphatic carbocycles. The molecule has 108 valence electrons. The number of carbonyl (C=O) groups is 2. The second-order valence-corrected chi connectivity index (χ2v) is 4.75. The second-order valence-electron chi connectivity index (χ2n) is 4.75. The van der Waals surface area contributed by atoms with E-state index in [0.29, 0.717) is 13.1 Å². The quantitative estimate of drug-likeness (QED) is 0.692. The molecule has 0 bridgehead atoms. The Hall–Kier alpha value is -2.08. The number of hydrogen-bond acceptors (Lipinski definition) is 4. The van der Waals surface area contributed by atoms with Gasteiger partial charge in [0.05, 0.1) is 13.0 Å². The monoisotopic (exact) mass is 277 g/mol. The summed E-state index contributed by atoms with van der Waals surface area (Å²) in [5, 5.41) is 15.0. The zero-order valence-electron chi connectivity index (χ0n) is 11.3. The molecule has 1 aromatic rings. The SMILES string of the molecule is O=C(Cc1ccc(O)cc1)NCC(=O)N1CCNCC1. The summed E-state index contributed by atoms with van der Waals surface area (Å²) >= 11 is 0. The number of aromatic hydroxyl groups is 1. The fourth-order valence-corrected chi connectivity index (χ4v) is 2.06. The predicted molar refractivity (Wildman–Crippen MR) is 74.3 cm³/mol. The van der Waals surface area contributed by atoms with Gasteiger partial charge in [-0.1, -0.05) is 12.1 Å². The number of nitrogens with one attached hydrogen (secondary N) is 2. The van der Waals surface area contributed by atoms with Gasteiger partial charge >= 0.3 is 0 Å². The summed E-state index contributed by atoms with van der Waals surface area (Å²) in [6.07, 6.45) is 0.203. The largest absolute Gasteiger partial charge is 0.508 e. The maximum absolute atomic E-state index is 11.9. The zero-order chi connectivity index (χ0) is 14.4. The third-order valence-electron chi connectivity index (χ3n) is 3.21. The first-order valence-electron chi connectivity index (χ1n) is 6.68. The summed E-state index contributed by atoms with van der Waals surface area (Å²) in [5.41, 5.74) is 0.801. The zero-order valence-corrected chi connectivity index (χ0v) is 11.3. The Labute approximate surface area is 117 Å². The van der Waals surface area contributed by atoms with Crippen molar-refractivity contribution in [1.82, 2.24) is 15.5 Å². The molecule has 0 spiro atoms. The molecule has 0 atom stereocenters. The van der Waals surface area contributed by atoms with Crippen molar-refractivity contribution in [3.8, 4) is 5.75 Å². The summed E-state index contributed by atoms with van der Waals surface area (Å²) in [7, 11) is 0. The van der Waals surface area contributed by atoms with Gasteiger partial charge in [0, 0.05) is 26.2 Å². The molecule has 1 aliphatic rings. The number of nitrogens with zero attached hydrogens (tertiary/aromatic N) is 1. The van der Waals surface area contributed by atoms with E-state index in [-0.39, 0.29) is 30.5 Å². The Morgan fingerprint density at radius 2 is 1.85 bits per heavy atom. The first-order valence-corrected chi connectivity index (χ1v) is 6.68. The van der Waals surface area contributed by atoms with Gasteiger partial charge in [0.1, 0.15) is 5.75 Å². The average molecular weight is 277 g/mol. The standard InChI is InChI=1S/C14H19N3O3/c18-12-3-1-11(2-4-12)9-13(19)16-10-14(20)17-7-5-15-6-8-17/h1-4,15,18H,5-10H2,(H,16,19). The third kappa shape index (κ3) is 4.24. The molecule has 0 saturated carbocycles. The third-order valence-corrected chi connectivity index (χ3v) is 3.21. The van der Waals surface area contributed by atoms with Crippen molar-refractivity contribution in [1.29, 1.82) is 0 Å². The van der Waals surface area contributed by atoms with Gasteiger partial charge in [0.2, 0.25) is 11.8 Å². The van der Waals surface area contributed by atoms with Gasteiger partial charge in [0.15, 0.2) is 0 Å². The fourth-order valence-electron chi connectivity index (χ4n) is 2.06. The molecule has 2 rings (SSSR count). The first-order chi connectivity index (χ1) is 9.65. The fraction of sp³-hybridized carbons (Fsp3) is 0.429.